The van der Waals surface area contributed by atoms with Gasteiger partial charge in [-0.1, -0.05) is 36.9 Å². The standard InChI is InChI=1S/C29H29F3N6O/c1-18-26(28-36-35-27(39-28)20-8-6-5-7-9-20)34-25(17-33-18)23-11-10-21(16-24(23)29(30,31)32)19(2)38-14-12-22(13-15-38)37(3)4/h5-11,16-17,22H,2,12-15H2,1,3-4H3. The van der Waals surface area contributed by atoms with Crippen LogP contribution in [0.1, 0.15) is 29.7 Å². The normalized spacial score (nSPS) is 14.7. The van der Waals surface area contributed by atoms with Gasteiger partial charge < -0.3 is 14.2 Å². The monoisotopic (exact) mass is 534 g/mol. The first-order valence-electron chi connectivity index (χ1n) is 12.7. The largest absolute Gasteiger partial charge is 0.417 e. The van der Waals surface area contributed by atoms with Gasteiger partial charge in [-0.3, -0.25) is 4.98 Å². The molecule has 5 rings (SSSR count). The second kappa shape index (κ2) is 10.6. The molecule has 0 saturated carbocycles. The molecule has 3 heterocycles. The van der Waals surface area contributed by atoms with Crippen molar-refractivity contribution in [2.24, 2.45) is 0 Å². The van der Waals surface area contributed by atoms with Crippen LogP contribution in [-0.2, 0) is 6.18 Å². The third-order valence-electron chi connectivity index (χ3n) is 7.11. The number of halogens is 3. The molecule has 1 saturated heterocycles. The molecule has 7 nitrogen and oxygen atoms in total. The number of aromatic nitrogens is 4. The van der Waals surface area contributed by atoms with Gasteiger partial charge in [0.15, 0.2) is 0 Å². The molecule has 0 atom stereocenters. The van der Waals surface area contributed by atoms with Crippen LogP contribution in [0.2, 0.25) is 0 Å². The van der Waals surface area contributed by atoms with Crippen LogP contribution in [0.5, 0.6) is 0 Å². The summed E-state index contributed by atoms with van der Waals surface area (Å²) in [4.78, 5) is 13.0. The first-order chi connectivity index (χ1) is 18.6. The van der Waals surface area contributed by atoms with Gasteiger partial charge in [0.1, 0.15) is 5.69 Å². The minimum Gasteiger partial charge on any atom is -0.415 e. The second-order valence-corrected chi connectivity index (χ2v) is 9.85. The van der Waals surface area contributed by atoms with E-state index in [1.54, 1.807) is 13.0 Å². The smallest absolute Gasteiger partial charge is 0.415 e. The van der Waals surface area contributed by atoms with Crippen molar-refractivity contribution in [3.63, 3.8) is 0 Å². The van der Waals surface area contributed by atoms with E-state index in [9.17, 15) is 13.2 Å². The van der Waals surface area contributed by atoms with Gasteiger partial charge in [0.05, 0.1) is 23.1 Å². The SMILES string of the molecule is C=C(c1ccc(-c2cnc(C)c(-c3nnc(-c4ccccc4)o3)n2)c(C(F)(F)F)c1)N1CCC(N(C)C)CC1. The number of nitrogens with zero attached hydrogens (tertiary/aromatic N) is 6. The molecule has 0 N–H and O–H groups in total. The molecule has 202 valence electrons. The molecule has 0 unspecified atom stereocenters. The molecule has 1 aliphatic heterocycles. The van der Waals surface area contributed by atoms with E-state index in [0.717, 1.165) is 37.6 Å². The molecule has 39 heavy (non-hydrogen) atoms. The van der Waals surface area contributed by atoms with Gasteiger partial charge in [0.25, 0.3) is 5.89 Å². The highest BCUT2D eigenvalue weighted by molar-refractivity contribution is 5.72. The van der Waals surface area contributed by atoms with Crippen molar-refractivity contribution < 1.29 is 17.6 Å². The summed E-state index contributed by atoms with van der Waals surface area (Å²) in [5.41, 5.74) is 1.60. The summed E-state index contributed by atoms with van der Waals surface area (Å²) in [6.07, 6.45) is -1.42. The second-order valence-electron chi connectivity index (χ2n) is 9.85. The fraction of sp³-hybridized carbons (Fsp3) is 0.310. The number of aryl methyl sites for hydroxylation is 1. The maximum absolute atomic E-state index is 14.3. The molecular formula is C29H29F3N6O. The number of alkyl halides is 3. The van der Waals surface area contributed by atoms with E-state index in [1.165, 1.54) is 12.3 Å². The van der Waals surface area contributed by atoms with Crippen molar-refractivity contribution in [1.29, 1.82) is 0 Å². The lowest BCUT2D eigenvalue weighted by Gasteiger charge is -2.37. The summed E-state index contributed by atoms with van der Waals surface area (Å²) in [6, 6.07) is 13.9. The number of hydrogen-bond donors (Lipinski definition) is 0. The maximum atomic E-state index is 14.3. The van der Waals surface area contributed by atoms with E-state index < -0.39 is 11.7 Å². The minimum absolute atomic E-state index is 0.0614. The Morgan fingerprint density at radius 1 is 1.03 bits per heavy atom. The molecular weight excluding hydrogens is 505 g/mol. The van der Waals surface area contributed by atoms with E-state index in [4.69, 9.17) is 4.42 Å². The van der Waals surface area contributed by atoms with E-state index >= 15 is 0 Å². The Kier molecular flexibility index (Phi) is 7.22. The maximum Gasteiger partial charge on any atom is 0.417 e. The summed E-state index contributed by atoms with van der Waals surface area (Å²) in [5, 5.41) is 8.14. The topological polar surface area (TPSA) is 71.2 Å². The van der Waals surface area contributed by atoms with Crippen molar-refractivity contribution in [3.05, 3.63) is 78.1 Å². The molecule has 0 aliphatic carbocycles. The lowest BCUT2D eigenvalue weighted by molar-refractivity contribution is -0.137. The summed E-state index contributed by atoms with van der Waals surface area (Å²) in [7, 11) is 4.09. The van der Waals surface area contributed by atoms with Crippen LogP contribution in [-0.4, -0.2) is 63.2 Å². The lowest BCUT2D eigenvalue weighted by Crippen LogP contribution is -2.40. The number of hydrogen-bond acceptors (Lipinski definition) is 7. The van der Waals surface area contributed by atoms with Crippen LogP contribution >= 0.6 is 0 Å². The number of likely N-dealkylation sites (tertiary alicyclic amines) is 1. The fourth-order valence-electron chi connectivity index (χ4n) is 4.81. The Balaban J connectivity index is 1.47. The van der Waals surface area contributed by atoms with Crippen molar-refractivity contribution >= 4 is 5.70 Å². The average molecular weight is 535 g/mol. The van der Waals surface area contributed by atoms with Crippen LogP contribution in [0.4, 0.5) is 13.2 Å². The van der Waals surface area contributed by atoms with Crippen molar-refractivity contribution in [2.75, 3.05) is 27.2 Å². The summed E-state index contributed by atoms with van der Waals surface area (Å²) in [5.74, 6) is 0.367. The van der Waals surface area contributed by atoms with Crippen molar-refractivity contribution in [1.82, 2.24) is 30.0 Å². The zero-order valence-corrected chi connectivity index (χ0v) is 22.0. The number of piperidine rings is 1. The van der Waals surface area contributed by atoms with E-state index in [2.05, 4.69) is 36.5 Å². The molecule has 1 fully saturated rings. The highest BCUT2D eigenvalue weighted by atomic mass is 19.4. The summed E-state index contributed by atoms with van der Waals surface area (Å²) < 4.78 is 48.7. The van der Waals surface area contributed by atoms with Crippen LogP contribution in [0, 0.1) is 6.92 Å². The fourth-order valence-corrected chi connectivity index (χ4v) is 4.81. The predicted octanol–water partition coefficient (Wildman–Crippen LogP) is 6.18. The molecule has 2 aromatic carbocycles. The number of rotatable bonds is 6. The summed E-state index contributed by atoms with van der Waals surface area (Å²) >= 11 is 0. The van der Waals surface area contributed by atoms with Crippen molar-refractivity contribution in [2.45, 2.75) is 32.0 Å². The van der Waals surface area contributed by atoms with Gasteiger partial charge in [0.2, 0.25) is 5.89 Å². The Morgan fingerprint density at radius 2 is 1.72 bits per heavy atom. The van der Waals surface area contributed by atoms with Crippen LogP contribution < -0.4 is 0 Å². The predicted molar refractivity (Wildman–Crippen MR) is 143 cm³/mol. The van der Waals surface area contributed by atoms with Crippen LogP contribution in [0.15, 0.2) is 65.7 Å². The molecule has 0 spiro atoms. The Hall–Kier alpha value is -4.05. The van der Waals surface area contributed by atoms with Gasteiger partial charge in [-0.25, -0.2) is 4.98 Å². The van der Waals surface area contributed by atoms with E-state index in [0.29, 0.717) is 23.0 Å². The van der Waals surface area contributed by atoms with Gasteiger partial charge >= 0.3 is 6.18 Å². The highest BCUT2D eigenvalue weighted by Gasteiger charge is 2.35. The Labute approximate surface area is 225 Å². The molecule has 4 aromatic rings. The average Bonchev–Trinajstić information content (AvgIpc) is 3.43. The Bertz CT molecular complexity index is 1470. The van der Waals surface area contributed by atoms with Gasteiger partial charge in [-0.05, 0) is 57.6 Å². The zero-order valence-electron chi connectivity index (χ0n) is 22.0. The third-order valence-corrected chi connectivity index (χ3v) is 7.11. The van der Waals surface area contributed by atoms with Gasteiger partial charge in [-0.2, -0.15) is 13.2 Å². The third kappa shape index (κ3) is 5.56. The first kappa shape index (κ1) is 26.6. The lowest BCUT2D eigenvalue weighted by atomic mass is 9.97. The van der Waals surface area contributed by atoms with E-state index in [-0.39, 0.29) is 28.7 Å². The molecule has 0 radical (unpaired) electrons. The highest BCUT2D eigenvalue weighted by Crippen LogP contribution is 2.39. The zero-order chi connectivity index (χ0) is 27.7. The molecule has 0 bridgehead atoms. The Morgan fingerprint density at radius 3 is 2.38 bits per heavy atom. The summed E-state index contributed by atoms with van der Waals surface area (Å²) in [6.45, 7) is 7.30. The van der Waals surface area contributed by atoms with Crippen molar-refractivity contribution in [3.8, 4) is 34.3 Å². The van der Waals surface area contributed by atoms with Crippen LogP contribution in [0.25, 0.3) is 40.0 Å². The molecule has 1 aliphatic rings. The first-order valence-corrected chi connectivity index (χ1v) is 12.7. The molecule has 0 amide bonds. The minimum atomic E-state index is -4.61. The van der Waals surface area contributed by atoms with Crippen LogP contribution in [0.3, 0.4) is 0 Å². The quantitative estimate of drug-likeness (QED) is 0.292. The van der Waals surface area contributed by atoms with Gasteiger partial charge in [-0.15, -0.1) is 10.2 Å². The number of benzene rings is 2. The molecule has 2 aromatic heterocycles. The van der Waals surface area contributed by atoms with E-state index in [1.807, 2.05) is 44.4 Å². The van der Waals surface area contributed by atoms with Gasteiger partial charge in [0, 0.05) is 36.0 Å². The molecule has 10 heteroatoms.